The molecule has 2 aliphatic carbocycles. The molecule has 164 valence electrons. The smallest absolute Gasteiger partial charge is 0.315 e. The van der Waals surface area contributed by atoms with Crippen molar-refractivity contribution in [1.29, 1.82) is 0 Å². The van der Waals surface area contributed by atoms with Crippen molar-refractivity contribution >= 4 is 5.97 Å². The van der Waals surface area contributed by atoms with Gasteiger partial charge in [0.05, 0.1) is 19.7 Å². The maximum absolute atomic E-state index is 12.8. The Kier molecular flexibility index (Phi) is 5.82. The lowest BCUT2D eigenvalue weighted by Gasteiger charge is -2.51. The highest BCUT2D eigenvalue weighted by Gasteiger charge is 2.60. The number of hydrogen-bond donors (Lipinski definition) is 3. The minimum absolute atomic E-state index is 0.0837. The molecule has 1 aliphatic heterocycles. The Morgan fingerprint density at radius 1 is 1.30 bits per heavy atom. The molecule has 1 saturated carbocycles. The van der Waals surface area contributed by atoms with Crippen molar-refractivity contribution in [2.75, 3.05) is 13.6 Å². The number of fused-ring (bicyclic) bond motifs is 2. The van der Waals surface area contributed by atoms with E-state index in [9.17, 15) is 15.0 Å². The molecule has 5 nitrogen and oxygen atoms in total. The number of carbonyl (C=O) groups excluding carboxylic acids is 1. The number of likely N-dealkylation sites (N-methyl/N-ethyl adjacent to an activating group) is 1. The number of ether oxygens (including phenoxy) is 1. The van der Waals surface area contributed by atoms with Crippen LogP contribution in [0.5, 0.6) is 0 Å². The van der Waals surface area contributed by atoms with Crippen LogP contribution in [0.3, 0.4) is 0 Å². The molecule has 30 heavy (non-hydrogen) atoms. The topological polar surface area (TPSA) is 71.2 Å². The van der Waals surface area contributed by atoms with Gasteiger partial charge >= 0.3 is 5.97 Å². The van der Waals surface area contributed by atoms with Crippen LogP contribution in [-0.4, -0.2) is 48.0 Å². The summed E-state index contributed by atoms with van der Waals surface area (Å²) < 4.78 is 5.79. The van der Waals surface area contributed by atoms with Gasteiger partial charge in [-0.3, -0.25) is 4.79 Å². The zero-order chi connectivity index (χ0) is 21.6. The fraction of sp³-hybridized carbons (Fsp3) is 0.640. The predicted octanol–water partition coefficient (Wildman–Crippen LogP) is 1.91. The highest BCUT2D eigenvalue weighted by Crippen LogP contribution is 2.55. The number of aliphatic hydroxyl groups is 2. The molecular formula is C25H36NO4+. The van der Waals surface area contributed by atoms with Crippen LogP contribution in [0.25, 0.3) is 0 Å². The first-order valence-electron chi connectivity index (χ1n) is 11.4. The Morgan fingerprint density at radius 3 is 2.70 bits per heavy atom. The number of rotatable bonds is 5. The molecule has 3 aliphatic rings. The van der Waals surface area contributed by atoms with Crippen molar-refractivity contribution in [3.8, 4) is 0 Å². The molecule has 0 spiro atoms. The van der Waals surface area contributed by atoms with Gasteiger partial charge in [-0.05, 0) is 31.2 Å². The first kappa shape index (κ1) is 21.5. The summed E-state index contributed by atoms with van der Waals surface area (Å²) in [6, 6.07) is 9.56. The van der Waals surface area contributed by atoms with Crippen molar-refractivity contribution in [3.63, 3.8) is 0 Å². The van der Waals surface area contributed by atoms with Gasteiger partial charge in [-0.15, -0.1) is 0 Å². The second-order valence-electron chi connectivity index (χ2n) is 9.99. The Hall–Kier alpha value is -1.69. The van der Waals surface area contributed by atoms with E-state index in [4.69, 9.17) is 4.74 Å². The molecule has 0 radical (unpaired) electrons. The maximum atomic E-state index is 12.8. The first-order chi connectivity index (χ1) is 14.2. The summed E-state index contributed by atoms with van der Waals surface area (Å²) >= 11 is 0. The fourth-order valence-electron chi connectivity index (χ4n) is 6.04. The molecular weight excluding hydrogens is 378 g/mol. The Morgan fingerprint density at radius 2 is 2.00 bits per heavy atom. The highest BCUT2D eigenvalue weighted by atomic mass is 16.6. The van der Waals surface area contributed by atoms with Crippen LogP contribution in [-0.2, 0) is 9.53 Å². The molecule has 4 rings (SSSR count). The van der Waals surface area contributed by atoms with E-state index >= 15 is 0 Å². The lowest BCUT2D eigenvalue weighted by molar-refractivity contribution is -0.911. The van der Waals surface area contributed by atoms with E-state index in [1.807, 2.05) is 44.3 Å². The van der Waals surface area contributed by atoms with E-state index in [1.165, 1.54) is 5.57 Å². The zero-order valence-electron chi connectivity index (χ0n) is 18.5. The second kappa shape index (κ2) is 8.10. The van der Waals surface area contributed by atoms with E-state index in [-0.39, 0.29) is 35.4 Å². The van der Waals surface area contributed by atoms with Crippen LogP contribution >= 0.6 is 0 Å². The van der Waals surface area contributed by atoms with E-state index < -0.39 is 12.2 Å². The van der Waals surface area contributed by atoms with E-state index in [0.717, 1.165) is 29.7 Å². The molecule has 1 heterocycles. The summed E-state index contributed by atoms with van der Waals surface area (Å²) in [5.41, 5.74) is 1.86. The third-order valence-electron chi connectivity index (χ3n) is 8.50. The average molecular weight is 415 g/mol. The summed E-state index contributed by atoms with van der Waals surface area (Å²) in [5, 5.41) is 22.3. The molecule has 3 N–H and O–H groups in total. The molecule has 1 aromatic rings. The Labute approximate surface area is 179 Å². The molecule has 0 amide bonds. The summed E-state index contributed by atoms with van der Waals surface area (Å²) in [4.78, 5) is 13.9. The molecule has 1 saturated heterocycles. The average Bonchev–Trinajstić information content (AvgIpc) is 3.05. The number of allylic oxidation sites excluding steroid dienone is 1. The monoisotopic (exact) mass is 414 g/mol. The van der Waals surface area contributed by atoms with E-state index in [1.54, 1.807) is 0 Å². The van der Waals surface area contributed by atoms with Gasteiger partial charge in [0.2, 0.25) is 0 Å². The standard InChI is InChI=1S/C25H35NO4/c1-15-9-8-12-18-13-20-21(23(28)25(15,18)3)19(24(29)30-20)14-26(4)16(2)22(27)17-10-6-5-7-11-17/h5-7,10-12,15-16,19-23,27-28H,8-9,13-14H2,1-4H3/p+1/t15-,16-,19-,20+,21+,22+,23+,25+/m0/s1. The van der Waals surface area contributed by atoms with Gasteiger partial charge in [0.15, 0.2) is 0 Å². The van der Waals surface area contributed by atoms with Crippen LogP contribution in [0.4, 0.5) is 0 Å². The fourth-order valence-corrected chi connectivity index (χ4v) is 6.04. The summed E-state index contributed by atoms with van der Waals surface area (Å²) in [5.74, 6) is -0.340. The number of benzene rings is 1. The third-order valence-corrected chi connectivity index (χ3v) is 8.50. The minimum Gasteiger partial charge on any atom is -0.461 e. The lowest BCUT2D eigenvalue weighted by atomic mass is 9.55. The zero-order valence-corrected chi connectivity index (χ0v) is 18.5. The summed E-state index contributed by atoms with van der Waals surface area (Å²) in [6.45, 7) is 6.94. The van der Waals surface area contributed by atoms with Crippen molar-refractivity contribution in [2.24, 2.45) is 23.2 Å². The molecule has 0 bridgehead atoms. The molecule has 9 atom stereocenters. The van der Waals surface area contributed by atoms with Gasteiger partial charge in [0.25, 0.3) is 0 Å². The number of esters is 1. The maximum Gasteiger partial charge on any atom is 0.315 e. The van der Waals surface area contributed by atoms with Gasteiger partial charge < -0.3 is 19.8 Å². The molecule has 1 aromatic carbocycles. The van der Waals surface area contributed by atoms with Crippen molar-refractivity contribution in [1.82, 2.24) is 0 Å². The van der Waals surface area contributed by atoms with Crippen LogP contribution in [0.15, 0.2) is 42.0 Å². The molecule has 2 fully saturated rings. The van der Waals surface area contributed by atoms with Gasteiger partial charge in [-0.1, -0.05) is 55.8 Å². The van der Waals surface area contributed by atoms with Crippen LogP contribution in [0.1, 0.15) is 51.7 Å². The van der Waals surface area contributed by atoms with Crippen LogP contribution in [0, 0.1) is 23.2 Å². The molecule has 5 heteroatoms. The lowest BCUT2D eigenvalue weighted by Crippen LogP contribution is -3.14. The molecule has 1 unspecified atom stereocenters. The van der Waals surface area contributed by atoms with Gasteiger partial charge in [0.1, 0.15) is 24.2 Å². The Bertz CT molecular complexity index is 809. The van der Waals surface area contributed by atoms with E-state index in [2.05, 4.69) is 19.9 Å². The highest BCUT2D eigenvalue weighted by molar-refractivity contribution is 5.76. The summed E-state index contributed by atoms with van der Waals surface area (Å²) in [6.07, 6.45) is 3.68. The van der Waals surface area contributed by atoms with Crippen LogP contribution < -0.4 is 4.90 Å². The van der Waals surface area contributed by atoms with Gasteiger partial charge in [-0.2, -0.15) is 0 Å². The SMILES string of the molecule is C[C@@H]([C@@H](O)c1ccccc1)[NH+](C)C[C@@H]1C(=O)O[C@@H]2CC3=CCC[C@H](C)[C@@]3(C)[C@H](O)[C@H]12. The number of nitrogens with one attached hydrogen (secondary N) is 1. The largest absolute Gasteiger partial charge is 0.461 e. The van der Waals surface area contributed by atoms with E-state index in [0.29, 0.717) is 12.5 Å². The normalized spacial score (nSPS) is 38.7. The predicted molar refractivity (Wildman–Crippen MR) is 115 cm³/mol. The number of carbonyl (C=O) groups is 1. The van der Waals surface area contributed by atoms with Crippen molar-refractivity contribution in [2.45, 2.75) is 64.4 Å². The van der Waals surface area contributed by atoms with Crippen molar-refractivity contribution in [3.05, 3.63) is 47.5 Å². The summed E-state index contributed by atoms with van der Waals surface area (Å²) in [7, 11) is 2.02. The minimum atomic E-state index is -0.610. The number of quaternary nitrogens is 1. The second-order valence-corrected chi connectivity index (χ2v) is 9.99. The van der Waals surface area contributed by atoms with Crippen LogP contribution in [0.2, 0.25) is 0 Å². The Balaban J connectivity index is 1.52. The number of hydrogen-bond acceptors (Lipinski definition) is 4. The first-order valence-corrected chi connectivity index (χ1v) is 11.4. The molecule has 0 aromatic heterocycles. The number of aliphatic hydroxyl groups excluding tert-OH is 2. The third kappa shape index (κ3) is 3.41. The quantitative estimate of drug-likeness (QED) is 0.509. The van der Waals surface area contributed by atoms with Crippen molar-refractivity contribution < 1.29 is 24.6 Å². The van der Waals surface area contributed by atoms with Gasteiger partial charge in [-0.25, -0.2) is 0 Å². The van der Waals surface area contributed by atoms with Gasteiger partial charge in [0, 0.05) is 17.8 Å².